The second kappa shape index (κ2) is 9.10. The van der Waals surface area contributed by atoms with Crippen LogP contribution in [-0.4, -0.2) is 35.3 Å². The van der Waals surface area contributed by atoms with Gasteiger partial charge in [0.1, 0.15) is 16.1 Å². The summed E-state index contributed by atoms with van der Waals surface area (Å²) < 4.78 is 11.7. The molecule has 1 amide bonds. The number of amides is 1. The summed E-state index contributed by atoms with van der Waals surface area (Å²) in [5.74, 6) is 0.818. The number of alkyl carbamates (subject to hydrolysis) is 1. The fourth-order valence-electron chi connectivity index (χ4n) is 4.03. The number of aromatic amines is 1. The van der Waals surface area contributed by atoms with Crippen LogP contribution in [0.1, 0.15) is 44.7 Å². The molecule has 0 fully saturated rings. The van der Waals surface area contributed by atoms with Crippen molar-refractivity contribution in [2.24, 2.45) is 0 Å². The normalized spacial score (nSPS) is 12.6. The van der Waals surface area contributed by atoms with Gasteiger partial charge >= 0.3 is 6.09 Å². The minimum atomic E-state index is -0.530. The number of aromatic nitrogens is 2. The van der Waals surface area contributed by atoms with E-state index in [4.69, 9.17) is 9.47 Å². The molecule has 1 atom stereocenters. The molecular weight excluding hydrogens is 450 g/mol. The van der Waals surface area contributed by atoms with Crippen molar-refractivity contribution in [3.05, 3.63) is 57.3 Å². The lowest BCUT2D eigenvalue weighted by molar-refractivity contribution is 0.0525. The molecule has 0 bridgehead atoms. The van der Waals surface area contributed by atoms with E-state index >= 15 is 0 Å². The van der Waals surface area contributed by atoms with E-state index in [1.54, 1.807) is 12.6 Å². The Hall–Kier alpha value is -3.39. The number of rotatable bonds is 5. The average Bonchev–Trinajstić information content (AvgIpc) is 3.28. The van der Waals surface area contributed by atoms with Gasteiger partial charge < -0.3 is 19.8 Å². The zero-order chi connectivity index (χ0) is 24.6. The number of carbonyl (C=O) groups is 1. The largest absolute Gasteiger partial charge is 0.496 e. The predicted molar refractivity (Wildman–Crippen MR) is 137 cm³/mol. The SMILES string of the molecule is COc1cc(C)c2[nH]c(=O)c3scnc3c2c1-c1ccc([C@@H](C)CNC(=O)OC(C)(C)C)cc1. The first kappa shape index (κ1) is 23.8. The molecule has 8 heteroatoms. The molecule has 178 valence electrons. The number of ether oxygens (including phenoxy) is 2. The first-order chi connectivity index (χ1) is 16.1. The Balaban J connectivity index is 1.70. The van der Waals surface area contributed by atoms with Gasteiger partial charge in [-0.05, 0) is 56.4 Å². The molecule has 0 aliphatic rings. The summed E-state index contributed by atoms with van der Waals surface area (Å²) in [5, 5.41) is 3.71. The Labute approximate surface area is 202 Å². The number of benzene rings is 2. The van der Waals surface area contributed by atoms with Crippen LogP contribution in [0.25, 0.3) is 32.2 Å². The van der Waals surface area contributed by atoms with Crippen LogP contribution in [0.4, 0.5) is 4.79 Å². The van der Waals surface area contributed by atoms with Gasteiger partial charge in [0.2, 0.25) is 0 Å². The van der Waals surface area contributed by atoms with Crippen molar-refractivity contribution in [3.63, 3.8) is 0 Å². The highest BCUT2D eigenvalue weighted by molar-refractivity contribution is 7.16. The van der Waals surface area contributed by atoms with Crippen molar-refractivity contribution in [2.45, 2.75) is 46.1 Å². The van der Waals surface area contributed by atoms with Gasteiger partial charge in [-0.2, -0.15) is 0 Å². The number of hydrogen-bond donors (Lipinski definition) is 2. The number of carbonyl (C=O) groups excluding carboxylic acids is 1. The van der Waals surface area contributed by atoms with Gasteiger partial charge in [0.15, 0.2) is 0 Å². The zero-order valence-electron chi connectivity index (χ0n) is 20.2. The molecule has 2 N–H and O–H groups in total. The van der Waals surface area contributed by atoms with Crippen LogP contribution in [0.2, 0.25) is 0 Å². The molecule has 2 aromatic heterocycles. The van der Waals surface area contributed by atoms with Crippen LogP contribution in [-0.2, 0) is 4.74 Å². The van der Waals surface area contributed by atoms with Crippen molar-refractivity contribution in [1.29, 1.82) is 0 Å². The van der Waals surface area contributed by atoms with E-state index in [0.717, 1.165) is 38.9 Å². The summed E-state index contributed by atoms with van der Waals surface area (Å²) in [7, 11) is 1.65. The number of nitrogens with one attached hydrogen (secondary N) is 2. The van der Waals surface area contributed by atoms with Gasteiger partial charge in [-0.25, -0.2) is 9.78 Å². The number of thiazole rings is 1. The first-order valence-electron chi connectivity index (χ1n) is 11.1. The van der Waals surface area contributed by atoms with Crippen LogP contribution in [0, 0.1) is 6.92 Å². The summed E-state index contributed by atoms with van der Waals surface area (Å²) in [6, 6.07) is 10.1. The second-order valence-corrected chi connectivity index (χ2v) is 10.3. The van der Waals surface area contributed by atoms with Gasteiger partial charge in [-0.15, -0.1) is 11.3 Å². The summed E-state index contributed by atoms with van der Waals surface area (Å²) in [5.41, 5.74) is 6.32. The molecule has 0 unspecified atom stereocenters. The Morgan fingerprint density at radius 1 is 1.24 bits per heavy atom. The van der Waals surface area contributed by atoms with Crippen molar-refractivity contribution in [2.75, 3.05) is 13.7 Å². The van der Waals surface area contributed by atoms with E-state index in [1.807, 2.05) is 58.0 Å². The standard InChI is InChI=1S/C26H29N3O4S/c1-14-11-18(32-6)19(20-21(14)29-24(30)23-22(20)28-13-34-23)17-9-7-16(8-10-17)15(2)12-27-25(31)33-26(3,4)5/h7-11,13,15H,12H2,1-6H3,(H,27,31)(H,29,30)/t15-/m0/s1. The summed E-state index contributed by atoms with van der Waals surface area (Å²) in [4.78, 5) is 32.1. The summed E-state index contributed by atoms with van der Waals surface area (Å²) in [6.07, 6.45) is -0.423. The van der Waals surface area contributed by atoms with Crippen LogP contribution in [0.3, 0.4) is 0 Å². The summed E-state index contributed by atoms with van der Waals surface area (Å²) >= 11 is 1.33. The predicted octanol–water partition coefficient (Wildman–Crippen LogP) is 5.75. The molecule has 2 heterocycles. The number of fused-ring (bicyclic) bond motifs is 3. The van der Waals surface area contributed by atoms with E-state index in [-0.39, 0.29) is 11.5 Å². The Morgan fingerprint density at radius 3 is 2.59 bits per heavy atom. The minimum Gasteiger partial charge on any atom is -0.496 e. The van der Waals surface area contributed by atoms with Crippen LogP contribution < -0.4 is 15.6 Å². The highest BCUT2D eigenvalue weighted by Gasteiger charge is 2.20. The topological polar surface area (TPSA) is 93.3 Å². The third kappa shape index (κ3) is 4.63. The maximum atomic E-state index is 12.6. The molecule has 34 heavy (non-hydrogen) atoms. The quantitative estimate of drug-likeness (QED) is 0.380. The molecule has 4 rings (SSSR count). The monoisotopic (exact) mass is 479 g/mol. The van der Waals surface area contributed by atoms with E-state index in [0.29, 0.717) is 16.8 Å². The summed E-state index contributed by atoms with van der Waals surface area (Å²) in [6.45, 7) is 9.99. The Morgan fingerprint density at radius 2 is 1.94 bits per heavy atom. The molecule has 2 aromatic carbocycles. The van der Waals surface area contributed by atoms with Crippen molar-refractivity contribution in [1.82, 2.24) is 15.3 Å². The molecular formula is C26H29N3O4S. The third-order valence-corrected chi connectivity index (χ3v) is 6.50. The number of H-pyrrole nitrogens is 1. The smallest absolute Gasteiger partial charge is 0.407 e. The lowest BCUT2D eigenvalue weighted by Gasteiger charge is -2.21. The maximum Gasteiger partial charge on any atom is 0.407 e. The third-order valence-electron chi connectivity index (χ3n) is 5.68. The lowest BCUT2D eigenvalue weighted by atomic mass is 9.93. The number of nitrogens with zero attached hydrogens (tertiary/aromatic N) is 1. The van der Waals surface area contributed by atoms with E-state index in [2.05, 4.69) is 22.2 Å². The van der Waals surface area contributed by atoms with Crippen molar-refractivity contribution < 1.29 is 14.3 Å². The minimum absolute atomic E-state index is 0.0971. The van der Waals surface area contributed by atoms with Gasteiger partial charge in [0.05, 0.1) is 23.7 Å². The molecule has 0 aliphatic carbocycles. The highest BCUT2D eigenvalue weighted by atomic mass is 32.1. The maximum absolute atomic E-state index is 12.6. The molecule has 4 aromatic rings. The Bertz CT molecular complexity index is 1410. The fourth-order valence-corrected chi connectivity index (χ4v) is 4.72. The molecule has 0 saturated heterocycles. The van der Waals surface area contributed by atoms with E-state index in [1.165, 1.54) is 11.3 Å². The van der Waals surface area contributed by atoms with Crippen LogP contribution in [0.15, 0.2) is 40.6 Å². The zero-order valence-corrected chi connectivity index (χ0v) is 21.1. The molecule has 0 spiro atoms. The number of hydrogen-bond acceptors (Lipinski definition) is 6. The van der Waals surface area contributed by atoms with Crippen molar-refractivity contribution in [3.8, 4) is 16.9 Å². The van der Waals surface area contributed by atoms with E-state index < -0.39 is 11.7 Å². The fraction of sp³-hybridized carbons (Fsp3) is 0.346. The average molecular weight is 480 g/mol. The van der Waals surface area contributed by atoms with Gasteiger partial charge in [0.25, 0.3) is 5.56 Å². The van der Waals surface area contributed by atoms with Gasteiger partial charge in [-0.1, -0.05) is 31.2 Å². The number of aryl methyl sites for hydroxylation is 1. The lowest BCUT2D eigenvalue weighted by Crippen LogP contribution is -2.34. The highest BCUT2D eigenvalue weighted by Crippen LogP contribution is 2.41. The first-order valence-corrected chi connectivity index (χ1v) is 12.0. The van der Waals surface area contributed by atoms with Crippen molar-refractivity contribution >= 4 is 38.5 Å². The Kier molecular flexibility index (Phi) is 6.36. The van der Waals surface area contributed by atoms with Crippen LogP contribution >= 0.6 is 11.3 Å². The molecule has 0 saturated carbocycles. The molecule has 0 aliphatic heterocycles. The molecule has 0 radical (unpaired) electrons. The number of pyridine rings is 1. The van der Waals surface area contributed by atoms with E-state index in [9.17, 15) is 9.59 Å². The van der Waals surface area contributed by atoms with Gasteiger partial charge in [0, 0.05) is 17.5 Å². The molecule has 7 nitrogen and oxygen atoms in total. The van der Waals surface area contributed by atoms with Gasteiger partial charge in [-0.3, -0.25) is 4.79 Å². The van der Waals surface area contributed by atoms with Crippen LogP contribution in [0.5, 0.6) is 5.75 Å². The number of methoxy groups -OCH3 is 1. The second-order valence-electron chi connectivity index (χ2n) is 9.41.